The fourth-order valence-electron chi connectivity index (χ4n) is 7.70. The molecule has 3 aliphatic heterocycles. The molecule has 0 aromatic heterocycles. The number of likely N-dealkylation sites (N-methyl/N-ethyl adjacent to an activating group) is 1. The van der Waals surface area contributed by atoms with Gasteiger partial charge in [0, 0.05) is 50.5 Å². The van der Waals surface area contributed by atoms with Gasteiger partial charge in [-0.2, -0.15) is 0 Å². The van der Waals surface area contributed by atoms with Gasteiger partial charge in [-0.1, -0.05) is 63.9 Å². The standard InChI is InChI=1S/C43H64ClN5O14S2/c1-23-12-11-13-31(59-10)43(57)20-30(61-40(56)47-43)24(2)37-42(6,63-37)32(19-35(52)49(8)28-17-26(16-23)18-29(58-9)36(28)44)62-39(55)25(3)48(7)34(51)14-15-41(4,5)65-64-22-27(38(53)54)46-33(50)21-60-45/h11-13,17-18,24-25,27,30-32,37,40,47,56-57H,14-16,19-22,45H2,1-10H3,(H,46,50)(H,53,54)/b13-11+,23-12+. The molecular weight excluding hydrogens is 910 g/mol. The maximum atomic E-state index is 14.3. The van der Waals surface area contributed by atoms with Gasteiger partial charge in [-0.3, -0.25) is 19.2 Å². The van der Waals surface area contributed by atoms with Crippen LogP contribution in [0.1, 0.15) is 72.8 Å². The predicted octanol–water partition coefficient (Wildman–Crippen LogP) is 3.07. The van der Waals surface area contributed by atoms with E-state index in [1.165, 1.54) is 59.6 Å². The summed E-state index contributed by atoms with van der Waals surface area (Å²) in [6.07, 6.45) is 0.524. The summed E-state index contributed by atoms with van der Waals surface area (Å²) in [6, 6.07) is 1.26. The van der Waals surface area contributed by atoms with E-state index in [4.69, 9.17) is 41.2 Å². The van der Waals surface area contributed by atoms with Crippen LogP contribution in [-0.2, 0) is 54.2 Å². The Morgan fingerprint density at radius 1 is 1.23 bits per heavy atom. The third-order valence-electron chi connectivity index (χ3n) is 11.9. The van der Waals surface area contributed by atoms with E-state index in [0.29, 0.717) is 24.3 Å². The zero-order valence-electron chi connectivity index (χ0n) is 38.5. The second kappa shape index (κ2) is 23.0. The minimum atomic E-state index is -1.77. The fraction of sp³-hybridized carbons (Fsp3) is 0.651. The van der Waals surface area contributed by atoms with Crippen LogP contribution in [0.4, 0.5) is 5.69 Å². The molecule has 0 radical (unpaired) electrons. The number of anilines is 1. The molecule has 4 bridgehead atoms. The Balaban J connectivity index is 1.57. The summed E-state index contributed by atoms with van der Waals surface area (Å²) in [5, 5.41) is 37.4. The molecule has 10 atom stereocenters. The number of nitrogens with two attached hydrogens (primary N) is 1. The lowest BCUT2D eigenvalue weighted by atomic mass is 9.83. The summed E-state index contributed by atoms with van der Waals surface area (Å²) in [6.45, 7) is 10.2. The van der Waals surface area contributed by atoms with Crippen molar-refractivity contribution in [2.24, 2.45) is 11.8 Å². The number of benzene rings is 1. The van der Waals surface area contributed by atoms with Crippen molar-refractivity contribution in [2.75, 3.05) is 45.6 Å². The molecule has 3 amide bonds. The highest BCUT2D eigenvalue weighted by Gasteiger charge is 2.64. The van der Waals surface area contributed by atoms with Gasteiger partial charge in [-0.25, -0.2) is 20.8 Å². The highest BCUT2D eigenvalue weighted by molar-refractivity contribution is 8.77. The van der Waals surface area contributed by atoms with Crippen LogP contribution in [0.5, 0.6) is 5.75 Å². The number of aliphatic hydroxyl groups excluding tert-OH is 1. The van der Waals surface area contributed by atoms with E-state index in [1.807, 2.05) is 33.8 Å². The van der Waals surface area contributed by atoms with E-state index < -0.39 is 95.3 Å². The minimum Gasteiger partial charge on any atom is -0.495 e. The van der Waals surface area contributed by atoms with Gasteiger partial charge < -0.3 is 54.1 Å². The van der Waals surface area contributed by atoms with E-state index in [-0.39, 0.29) is 35.9 Å². The molecule has 22 heteroatoms. The number of allylic oxidation sites excluding steroid dienone is 3. The molecule has 0 saturated carbocycles. The summed E-state index contributed by atoms with van der Waals surface area (Å²) in [5.41, 5.74) is -0.986. The maximum Gasteiger partial charge on any atom is 0.328 e. The average Bonchev–Trinajstić information content (AvgIpc) is 3.94. The Morgan fingerprint density at radius 2 is 1.92 bits per heavy atom. The number of esters is 1. The van der Waals surface area contributed by atoms with Gasteiger partial charge >= 0.3 is 11.9 Å². The average molecular weight is 975 g/mol. The molecule has 3 aliphatic rings. The molecule has 0 spiro atoms. The number of nitrogens with zero attached hydrogens (tertiary/aromatic N) is 2. The summed E-state index contributed by atoms with van der Waals surface area (Å²) in [4.78, 5) is 72.3. The molecular formula is C43H64ClN5O14S2. The van der Waals surface area contributed by atoms with Crippen LogP contribution in [0.3, 0.4) is 0 Å². The Morgan fingerprint density at radius 3 is 2.55 bits per heavy atom. The number of carbonyl (C=O) groups excluding carboxylic acids is 4. The van der Waals surface area contributed by atoms with Gasteiger partial charge in [-0.15, -0.1) is 0 Å². The smallest absolute Gasteiger partial charge is 0.328 e. The van der Waals surface area contributed by atoms with Crippen LogP contribution in [0.25, 0.3) is 0 Å². The normalized spacial score (nSPS) is 29.6. The lowest BCUT2D eigenvalue weighted by Gasteiger charge is -2.44. The van der Waals surface area contributed by atoms with Crippen LogP contribution in [0.2, 0.25) is 5.02 Å². The van der Waals surface area contributed by atoms with Gasteiger partial charge in [0.25, 0.3) is 0 Å². The van der Waals surface area contributed by atoms with Crippen LogP contribution < -0.4 is 26.2 Å². The second-order valence-corrected chi connectivity index (χ2v) is 20.8. The lowest BCUT2D eigenvalue weighted by molar-refractivity contribution is -0.271. The number of aliphatic hydroxyl groups is 2. The van der Waals surface area contributed by atoms with Crippen molar-refractivity contribution in [3.05, 3.63) is 46.5 Å². The van der Waals surface area contributed by atoms with Crippen LogP contribution in [0, 0.1) is 5.92 Å². The van der Waals surface area contributed by atoms with Crippen molar-refractivity contribution in [3.8, 4) is 5.75 Å². The van der Waals surface area contributed by atoms with Gasteiger partial charge in [0.2, 0.25) is 24.1 Å². The summed E-state index contributed by atoms with van der Waals surface area (Å²) in [5.74, 6) is 1.22. The van der Waals surface area contributed by atoms with Gasteiger partial charge in [0.15, 0.2) is 5.72 Å². The molecule has 364 valence electrons. The molecule has 65 heavy (non-hydrogen) atoms. The van der Waals surface area contributed by atoms with Gasteiger partial charge in [-0.05, 0) is 65.2 Å². The zero-order chi connectivity index (χ0) is 48.6. The molecule has 19 nitrogen and oxygen atoms in total. The van der Waals surface area contributed by atoms with E-state index >= 15 is 0 Å². The zero-order valence-corrected chi connectivity index (χ0v) is 40.8. The molecule has 1 aromatic rings. The third-order valence-corrected chi connectivity index (χ3v) is 15.7. The SMILES string of the molecule is COc1cc2cc(c1Cl)N(C)C(=O)CC(OC(=O)C(C)N(C)C(=O)CCC(C)(C)SSCC(NC(=O)CON)C(=O)O)C1(C)OC1C(C)C1CC(O)(NC(O)O1)C(OC)/C=C/C=C(\C)C2. The number of hydrogen-bond acceptors (Lipinski definition) is 17. The number of carboxylic acids is 1. The first-order chi connectivity index (χ1) is 30.4. The molecule has 7 N–H and O–H groups in total. The van der Waals surface area contributed by atoms with Crippen molar-refractivity contribution in [3.63, 3.8) is 0 Å². The Bertz CT molecular complexity index is 1960. The van der Waals surface area contributed by atoms with Crippen molar-refractivity contribution < 1.29 is 67.8 Å². The monoisotopic (exact) mass is 973 g/mol. The number of ether oxygens (including phenoxy) is 5. The molecule has 2 fully saturated rings. The second-order valence-electron chi connectivity index (χ2n) is 17.4. The number of nitrogens with one attached hydrogen (secondary N) is 2. The highest BCUT2D eigenvalue weighted by Crippen LogP contribution is 2.49. The molecule has 0 aliphatic carbocycles. The highest BCUT2D eigenvalue weighted by atomic mass is 35.5. The molecule has 3 heterocycles. The largest absolute Gasteiger partial charge is 0.495 e. The molecule has 10 unspecified atom stereocenters. The quantitative estimate of drug-likeness (QED) is 0.0602. The fourth-order valence-corrected chi connectivity index (χ4v) is 10.8. The first-order valence-electron chi connectivity index (χ1n) is 21.0. The Kier molecular flexibility index (Phi) is 19.2. The van der Waals surface area contributed by atoms with Crippen molar-refractivity contribution in [2.45, 2.75) is 133 Å². The van der Waals surface area contributed by atoms with E-state index in [0.717, 1.165) is 11.1 Å². The van der Waals surface area contributed by atoms with Crippen LogP contribution >= 0.6 is 33.2 Å². The first-order valence-corrected chi connectivity index (χ1v) is 23.7. The lowest BCUT2D eigenvalue weighted by Crippen LogP contribution is -2.65. The Hall–Kier alpha value is -3.48. The number of carbonyl (C=O) groups is 5. The Labute approximate surface area is 392 Å². The predicted molar refractivity (Wildman–Crippen MR) is 245 cm³/mol. The molecule has 4 rings (SSSR count). The van der Waals surface area contributed by atoms with Gasteiger partial charge in [0.1, 0.15) is 47.3 Å². The van der Waals surface area contributed by atoms with Crippen LogP contribution in [0.15, 0.2) is 35.9 Å². The third kappa shape index (κ3) is 14.0. The van der Waals surface area contributed by atoms with E-state index in [9.17, 15) is 39.3 Å². The van der Waals surface area contributed by atoms with E-state index in [1.54, 1.807) is 38.3 Å². The summed E-state index contributed by atoms with van der Waals surface area (Å²) < 4.78 is 29.1. The first kappa shape index (κ1) is 54.1. The van der Waals surface area contributed by atoms with Crippen LogP contribution in [-0.4, -0.2) is 150 Å². The summed E-state index contributed by atoms with van der Waals surface area (Å²) in [7, 11) is 8.51. The number of rotatable bonds is 16. The number of methoxy groups -OCH3 is 2. The number of hydrogen-bond donors (Lipinski definition) is 6. The minimum absolute atomic E-state index is 0.0293. The molecule has 1 aromatic carbocycles. The molecule has 2 saturated heterocycles. The number of amides is 3. The number of epoxide rings is 1. The van der Waals surface area contributed by atoms with E-state index in [2.05, 4.69) is 15.5 Å². The maximum absolute atomic E-state index is 14.3. The van der Waals surface area contributed by atoms with Gasteiger partial charge in [0.05, 0.1) is 31.4 Å². The number of fused-ring (bicyclic) bond motifs is 5. The summed E-state index contributed by atoms with van der Waals surface area (Å²) >= 11 is 6.80. The number of aliphatic carboxylic acids is 1. The topological polar surface area (TPSA) is 261 Å². The van der Waals surface area contributed by atoms with Crippen molar-refractivity contribution in [1.82, 2.24) is 15.5 Å². The number of carboxylic acid groups (broad SMARTS) is 1. The van der Waals surface area contributed by atoms with Crippen molar-refractivity contribution >= 4 is 68.5 Å². The number of halogens is 1. The van der Waals surface area contributed by atoms with Crippen molar-refractivity contribution in [1.29, 1.82) is 0 Å².